The van der Waals surface area contributed by atoms with Crippen LogP contribution in [0.15, 0.2) is 23.4 Å². The smallest absolute Gasteiger partial charge is 0.278 e. The van der Waals surface area contributed by atoms with Crippen molar-refractivity contribution in [1.82, 2.24) is 9.97 Å². The van der Waals surface area contributed by atoms with E-state index in [-0.39, 0.29) is 5.03 Å². The summed E-state index contributed by atoms with van der Waals surface area (Å²) in [6.07, 6.45) is 1.29. The van der Waals surface area contributed by atoms with E-state index in [1.807, 2.05) is 19.9 Å². The van der Waals surface area contributed by atoms with E-state index >= 15 is 0 Å². The van der Waals surface area contributed by atoms with Crippen molar-refractivity contribution in [3.05, 3.63) is 35.3 Å². The maximum Gasteiger partial charge on any atom is 0.278 e. The Morgan fingerprint density at radius 2 is 1.95 bits per heavy atom. The van der Waals surface area contributed by atoms with Gasteiger partial charge in [-0.25, -0.2) is 4.98 Å². The molecule has 0 fully saturated rings. The summed E-state index contributed by atoms with van der Waals surface area (Å²) in [5.74, 6) is 1.22. The average molecular weight is 295 g/mol. The first-order valence-corrected chi connectivity index (χ1v) is 7.52. The van der Waals surface area contributed by atoms with Gasteiger partial charge in [-0.1, -0.05) is 6.07 Å². The lowest BCUT2D eigenvalue weighted by Crippen LogP contribution is -2.14. The fourth-order valence-corrected chi connectivity index (χ4v) is 3.08. The molecule has 1 aromatic carbocycles. The van der Waals surface area contributed by atoms with E-state index in [1.54, 1.807) is 20.1 Å². The Hall–Kier alpha value is -2.02. The highest BCUT2D eigenvalue weighted by Gasteiger charge is 2.19. The van der Waals surface area contributed by atoms with E-state index in [0.29, 0.717) is 17.3 Å². The second-order valence-corrected chi connectivity index (χ2v) is 6.18. The molecule has 0 spiro atoms. The number of nitrogens with one attached hydrogen (secondary N) is 2. The summed E-state index contributed by atoms with van der Waals surface area (Å²) in [5, 5.41) is 0.0361. The van der Waals surface area contributed by atoms with Gasteiger partial charge >= 0.3 is 0 Å². The van der Waals surface area contributed by atoms with Crippen molar-refractivity contribution in [1.29, 1.82) is 0 Å². The molecule has 2 aromatic rings. The van der Waals surface area contributed by atoms with Crippen LogP contribution in [0.3, 0.4) is 0 Å². The molecule has 6 nitrogen and oxygen atoms in total. The van der Waals surface area contributed by atoms with Crippen LogP contribution < -0.4 is 9.46 Å². The van der Waals surface area contributed by atoms with E-state index in [2.05, 4.69) is 14.7 Å². The van der Waals surface area contributed by atoms with Gasteiger partial charge in [0.05, 0.1) is 19.0 Å². The lowest BCUT2D eigenvalue weighted by Gasteiger charge is -2.14. The summed E-state index contributed by atoms with van der Waals surface area (Å²) in [7, 11) is -2.12. The SMILES string of the molecule is COc1c(C)ccc(NS(=O)(=O)c2cnc(C)[nH]2)c1C. The third kappa shape index (κ3) is 2.62. The zero-order valence-electron chi connectivity index (χ0n) is 11.8. The first kappa shape index (κ1) is 14.4. The van der Waals surface area contributed by atoms with Gasteiger partial charge < -0.3 is 9.72 Å². The van der Waals surface area contributed by atoms with E-state index in [0.717, 1.165) is 11.1 Å². The second-order valence-electron chi connectivity index (χ2n) is 4.53. The number of nitrogens with zero attached hydrogens (tertiary/aromatic N) is 1. The molecule has 0 saturated heterocycles. The van der Waals surface area contributed by atoms with Gasteiger partial charge in [-0.2, -0.15) is 8.42 Å². The molecule has 1 aromatic heterocycles. The zero-order chi connectivity index (χ0) is 14.9. The van der Waals surface area contributed by atoms with Crippen molar-refractivity contribution >= 4 is 15.7 Å². The van der Waals surface area contributed by atoms with E-state index < -0.39 is 10.0 Å². The number of aromatic amines is 1. The number of anilines is 1. The summed E-state index contributed by atoms with van der Waals surface area (Å²) in [6.45, 7) is 5.41. The van der Waals surface area contributed by atoms with Crippen molar-refractivity contribution < 1.29 is 13.2 Å². The van der Waals surface area contributed by atoms with Gasteiger partial charge in [0, 0.05) is 5.56 Å². The maximum absolute atomic E-state index is 12.2. The molecule has 108 valence electrons. The predicted molar refractivity (Wildman–Crippen MR) is 76.6 cm³/mol. The molecule has 0 saturated carbocycles. The monoisotopic (exact) mass is 295 g/mol. The number of ether oxygens (including phenoxy) is 1. The molecule has 20 heavy (non-hydrogen) atoms. The van der Waals surface area contributed by atoms with Crippen molar-refractivity contribution in [2.75, 3.05) is 11.8 Å². The highest BCUT2D eigenvalue weighted by molar-refractivity contribution is 7.92. The molecule has 0 aliphatic heterocycles. The molecule has 2 rings (SSSR count). The Labute approximate surface area is 118 Å². The minimum atomic E-state index is -3.68. The zero-order valence-corrected chi connectivity index (χ0v) is 12.6. The lowest BCUT2D eigenvalue weighted by molar-refractivity contribution is 0.409. The van der Waals surface area contributed by atoms with Crippen LogP contribution in [-0.2, 0) is 10.0 Å². The molecule has 2 N–H and O–H groups in total. The van der Waals surface area contributed by atoms with Crippen LogP contribution in [0.5, 0.6) is 5.75 Å². The van der Waals surface area contributed by atoms with Gasteiger partial charge in [0.25, 0.3) is 10.0 Å². The quantitative estimate of drug-likeness (QED) is 0.905. The summed E-state index contributed by atoms with van der Waals surface area (Å²) < 4.78 is 32.3. The van der Waals surface area contributed by atoms with Crippen molar-refractivity contribution in [3.8, 4) is 5.75 Å². The standard InChI is InChI=1S/C13H17N3O3S/c1-8-5-6-11(9(2)13(8)19-4)16-20(17,18)12-7-14-10(3)15-12/h5-7,16H,1-4H3,(H,14,15). The Balaban J connectivity index is 2.40. The normalized spacial score (nSPS) is 11.4. The van der Waals surface area contributed by atoms with Crippen molar-refractivity contribution in [3.63, 3.8) is 0 Å². The number of sulfonamides is 1. The van der Waals surface area contributed by atoms with Crippen LogP contribution in [0.4, 0.5) is 5.69 Å². The minimum Gasteiger partial charge on any atom is -0.496 e. The summed E-state index contributed by atoms with van der Waals surface area (Å²) in [5.41, 5.74) is 2.18. The van der Waals surface area contributed by atoms with Crippen LogP contribution in [0, 0.1) is 20.8 Å². The van der Waals surface area contributed by atoms with Gasteiger partial charge in [-0.15, -0.1) is 0 Å². The predicted octanol–water partition coefficient (Wildman–Crippen LogP) is 2.14. The summed E-state index contributed by atoms with van der Waals surface area (Å²) in [4.78, 5) is 6.60. The number of methoxy groups -OCH3 is 1. The molecule has 0 aliphatic carbocycles. The fraction of sp³-hybridized carbons (Fsp3) is 0.308. The molecule has 0 atom stereocenters. The van der Waals surface area contributed by atoms with Crippen molar-refractivity contribution in [2.45, 2.75) is 25.8 Å². The topological polar surface area (TPSA) is 84.1 Å². The number of H-pyrrole nitrogens is 1. The van der Waals surface area contributed by atoms with Gasteiger partial charge in [0.1, 0.15) is 11.6 Å². The number of hydrogen-bond donors (Lipinski definition) is 2. The molecular formula is C13H17N3O3S. The molecule has 0 amide bonds. The molecule has 0 aliphatic rings. The van der Waals surface area contributed by atoms with Crippen LogP contribution in [-0.4, -0.2) is 25.5 Å². The second kappa shape index (κ2) is 5.16. The Morgan fingerprint density at radius 1 is 1.25 bits per heavy atom. The third-order valence-electron chi connectivity index (χ3n) is 3.02. The number of rotatable bonds is 4. The summed E-state index contributed by atoms with van der Waals surface area (Å²) in [6, 6.07) is 3.52. The van der Waals surface area contributed by atoms with Crippen LogP contribution in [0.1, 0.15) is 17.0 Å². The molecule has 7 heteroatoms. The molecule has 1 heterocycles. The Kier molecular flexibility index (Phi) is 3.71. The van der Waals surface area contributed by atoms with Gasteiger partial charge in [-0.3, -0.25) is 4.72 Å². The Morgan fingerprint density at radius 3 is 2.50 bits per heavy atom. The number of hydrogen-bond acceptors (Lipinski definition) is 4. The fourth-order valence-electron chi connectivity index (χ4n) is 1.99. The lowest BCUT2D eigenvalue weighted by atomic mass is 10.1. The number of aryl methyl sites for hydroxylation is 2. The van der Waals surface area contributed by atoms with E-state index in [4.69, 9.17) is 4.74 Å². The van der Waals surface area contributed by atoms with E-state index in [9.17, 15) is 8.42 Å². The third-order valence-corrected chi connectivity index (χ3v) is 4.30. The summed E-state index contributed by atoms with van der Waals surface area (Å²) >= 11 is 0. The van der Waals surface area contributed by atoms with Gasteiger partial charge in [0.2, 0.25) is 0 Å². The van der Waals surface area contributed by atoms with Gasteiger partial charge in [-0.05, 0) is 32.4 Å². The molecule has 0 radical (unpaired) electrons. The number of aromatic nitrogens is 2. The number of benzene rings is 1. The first-order chi connectivity index (χ1) is 9.35. The highest BCUT2D eigenvalue weighted by Crippen LogP contribution is 2.30. The van der Waals surface area contributed by atoms with Crippen LogP contribution in [0.25, 0.3) is 0 Å². The number of imidazole rings is 1. The molecule has 0 unspecified atom stereocenters. The minimum absolute atomic E-state index is 0.0361. The largest absolute Gasteiger partial charge is 0.496 e. The van der Waals surface area contributed by atoms with E-state index in [1.165, 1.54) is 6.20 Å². The van der Waals surface area contributed by atoms with Crippen molar-refractivity contribution in [2.24, 2.45) is 0 Å². The highest BCUT2D eigenvalue weighted by atomic mass is 32.2. The maximum atomic E-state index is 12.2. The molecule has 0 bridgehead atoms. The average Bonchev–Trinajstić information content (AvgIpc) is 2.81. The van der Waals surface area contributed by atoms with Crippen LogP contribution >= 0.6 is 0 Å². The first-order valence-electron chi connectivity index (χ1n) is 6.04. The Bertz CT molecular complexity index is 735. The molecular weight excluding hydrogens is 278 g/mol. The van der Waals surface area contributed by atoms with Crippen LogP contribution in [0.2, 0.25) is 0 Å². The van der Waals surface area contributed by atoms with Gasteiger partial charge in [0.15, 0.2) is 5.03 Å².